The van der Waals surface area contributed by atoms with E-state index in [9.17, 15) is 4.79 Å². The van der Waals surface area contributed by atoms with Crippen molar-refractivity contribution in [3.63, 3.8) is 0 Å². The van der Waals surface area contributed by atoms with Crippen LogP contribution in [0, 0.1) is 0 Å². The zero-order valence-corrected chi connectivity index (χ0v) is 16.2. The van der Waals surface area contributed by atoms with Crippen molar-refractivity contribution in [1.82, 2.24) is 9.80 Å². The van der Waals surface area contributed by atoms with Crippen LogP contribution >= 0.6 is 24.0 Å². The molecule has 5 nitrogen and oxygen atoms in total. The molecule has 0 bridgehead atoms. The smallest absolute Gasteiger partial charge is 0.253 e. The highest BCUT2D eigenvalue weighted by atomic mass is 127. The fourth-order valence-electron chi connectivity index (χ4n) is 2.07. The molecular weight excluding hydrogens is 391 g/mol. The molecule has 2 N–H and O–H groups in total. The maximum Gasteiger partial charge on any atom is 0.253 e. The van der Waals surface area contributed by atoms with E-state index in [1.54, 1.807) is 19.0 Å². The second-order valence-corrected chi connectivity index (χ2v) is 5.06. The lowest BCUT2D eigenvalue weighted by Crippen LogP contribution is -2.37. The predicted molar refractivity (Wildman–Crippen MR) is 103 cm³/mol. The molecule has 0 aliphatic rings. The molecule has 0 heterocycles. The van der Waals surface area contributed by atoms with E-state index in [0.717, 1.165) is 25.1 Å². The third-order valence-corrected chi connectivity index (χ3v) is 3.34. The summed E-state index contributed by atoms with van der Waals surface area (Å²) in [5.41, 5.74) is 7.74. The summed E-state index contributed by atoms with van der Waals surface area (Å²) in [6.45, 7) is 6.46. The molecule has 0 atom stereocenters. The molecule has 0 aliphatic carbocycles. The third kappa shape index (κ3) is 6.21. The van der Waals surface area contributed by atoms with Crippen LogP contribution in [0.1, 0.15) is 29.8 Å². The van der Waals surface area contributed by atoms with Gasteiger partial charge in [-0.1, -0.05) is 12.1 Å². The van der Waals surface area contributed by atoms with Gasteiger partial charge in [-0.25, -0.2) is 0 Å². The highest BCUT2D eigenvalue weighted by Crippen LogP contribution is 2.08. The van der Waals surface area contributed by atoms with E-state index in [-0.39, 0.29) is 29.9 Å². The summed E-state index contributed by atoms with van der Waals surface area (Å²) >= 11 is 0. The van der Waals surface area contributed by atoms with Gasteiger partial charge in [0.1, 0.15) is 0 Å². The molecule has 1 rings (SSSR count). The quantitative estimate of drug-likeness (QED) is 0.438. The minimum Gasteiger partial charge on any atom is -0.370 e. The molecule has 0 spiro atoms. The molecule has 6 heteroatoms. The predicted octanol–water partition coefficient (Wildman–Crippen LogP) is 2.21. The molecule has 1 amide bonds. The van der Waals surface area contributed by atoms with Gasteiger partial charge in [-0.3, -0.25) is 9.79 Å². The van der Waals surface area contributed by atoms with E-state index in [1.165, 1.54) is 0 Å². The first kappa shape index (κ1) is 20.7. The minimum atomic E-state index is 0. The van der Waals surface area contributed by atoms with Crippen molar-refractivity contribution in [3.05, 3.63) is 35.4 Å². The molecule has 0 unspecified atom stereocenters. The van der Waals surface area contributed by atoms with Gasteiger partial charge in [-0.15, -0.1) is 24.0 Å². The number of nitrogens with zero attached hydrogens (tertiary/aromatic N) is 3. The number of hydrogen-bond acceptors (Lipinski definition) is 2. The van der Waals surface area contributed by atoms with Gasteiger partial charge in [-0.05, 0) is 38.0 Å². The van der Waals surface area contributed by atoms with Crippen LogP contribution in [0.3, 0.4) is 0 Å². The molecule has 0 saturated heterocycles. The lowest BCUT2D eigenvalue weighted by atomic mass is 10.1. The van der Waals surface area contributed by atoms with Gasteiger partial charge >= 0.3 is 0 Å². The van der Waals surface area contributed by atoms with E-state index >= 15 is 0 Å². The lowest BCUT2D eigenvalue weighted by Gasteiger charge is -2.19. The molecule has 124 valence electrons. The number of carbonyl (C=O) groups excluding carboxylic acids is 1. The van der Waals surface area contributed by atoms with E-state index in [0.29, 0.717) is 18.1 Å². The Bertz CT molecular complexity index is 499. The van der Waals surface area contributed by atoms with Crippen LogP contribution < -0.4 is 5.73 Å². The van der Waals surface area contributed by atoms with Crippen LogP contribution in [0.2, 0.25) is 0 Å². The van der Waals surface area contributed by atoms with E-state index < -0.39 is 0 Å². The van der Waals surface area contributed by atoms with Gasteiger partial charge in [0.25, 0.3) is 5.91 Å². The van der Waals surface area contributed by atoms with Crippen LogP contribution in [0.4, 0.5) is 0 Å². The summed E-state index contributed by atoms with van der Waals surface area (Å²) in [5.74, 6) is 0.600. The molecule has 1 aromatic carbocycles. The Kier molecular flexibility index (Phi) is 9.80. The molecule has 1 aromatic rings. The monoisotopic (exact) mass is 418 g/mol. The summed E-state index contributed by atoms with van der Waals surface area (Å²) in [4.78, 5) is 19.9. The van der Waals surface area contributed by atoms with Crippen molar-refractivity contribution >= 4 is 35.8 Å². The third-order valence-electron chi connectivity index (χ3n) is 3.34. The number of amides is 1. The number of aliphatic imine (C=N–C) groups is 1. The Labute approximate surface area is 150 Å². The van der Waals surface area contributed by atoms with E-state index in [2.05, 4.69) is 18.8 Å². The number of halogens is 1. The Morgan fingerprint density at radius 2 is 1.86 bits per heavy atom. The molecule has 0 saturated carbocycles. The van der Waals surface area contributed by atoms with Crippen molar-refractivity contribution in [1.29, 1.82) is 0 Å². The number of hydrogen-bond donors (Lipinski definition) is 1. The molecule has 0 aromatic heterocycles. The van der Waals surface area contributed by atoms with Crippen molar-refractivity contribution in [2.45, 2.75) is 20.3 Å². The molecule has 0 aliphatic heterocycles. The Balaban J connectivity index is 0.00000441. The number of nitrogens with two attached hydrogens (primary N) is 1. The number of carbonyl (C=O) groups is 1. The van der Waals surface area contributed by atoms with Gasteiger partial charge in [0.05, 0.1) is 0 Å². The average molecular weight is 418 g/mol. The van der Waals surface area contributed by atoms with Crippen molar-refractivity contribution < 1.29 is 4.79 Å². The number of benzene rings is 1. The minimum absolute atomic E-state index is 0. The van der Waals surface area contributed by atoms with Crippen molar-refractivity contribution in [2.75, 3.05) is 33.7 Å². The highest BCUT2D eigenvalue weighted by Gasteiger charge is 2.08. The number of rotatable bonds is 6. The summed E-state index contributed by atoms with van der Waals surface area (Å²) in [6.07, 6.45) is 0.774. The maximum absolute atomic E-state index is 11.9. The second kappa shape index (κ2) is 10.4. The van der Waals surface area contributed by atoms with Crippen LogP contribution in [0.5, 0.6) is 0 Å². The normalized spacial score (nSPS) is 10.8. The average Bonchev–Trinajstić information content (AvgIpc) is 2.48. The van der Waals surface area contributed by atoms with Crippen molar-refractivity contribution in [3.8, 4) is 0 Å². The molecule has 0 radical (unpaired) electrons. The Morgan fingerprint density at radius 1 is 1.23 bits per heavy atom. The van der Waals surface area contributed by atoms with Gasteiger partial charge in [0, 0.05) is 39.3 Å². The Morgan fingerprint density at radius 3 is 2.41 bits per heavy atom. The van der Waals surface area contributed by atoms with E-state index in [4.69, 9.17) is 5.73 Å². The summed E-state index contributed by atoms with van der Waals surface area (Å²) < 4.78 is 0. The zero-order valence-electron chi connectivity index (χ0n) is 13.9. The van der Waals surface area contributed by atoms with Crippen LogP contribution in [-0.4, -0.2) is 55.4 Å². The first-order chi connectivity index (χ1) is 9.99. The van der Waals surface area contributed by atoms with E-state index in [1.807, 2.05) is 29.2 Å². The maximum atomic E-state index is 11.9. The van der Waals surface area contributed by atoms with Gasteiger partial charge < -0.3 is 15.5 Å². The molecule has 22 heavy (non-hydrogen) atoms. The first-order valence-corrected chi connectivity index (χ1v) is 7.35. The van der Waals surface area contributed by atoms with Gasteiger partial charge in [0.15, 0.2) is 5.96 Å². The SMILES string of the molecule is CCN(CC)C(N)=NCCc1cccc(C(=O)N(C)C)c1.I. The molecular formula is C16H27IN4O. The van der Waals surface area contributed by atoms with Gasteiger partial charge in [0.2, 0.25) is 0 Å². The molecule has 0 fully saturated rings. The van der Waals surface area contributed by atoms with Gasteiger partial charge in [-0.2, -0.15) is 0 Å². The summed E-state index contributed by atoms with van der Waals surface area (Å²) in [6, 6.07) is 7.67. The number of guanidine groups is 1. The summed E-state index contributed by atoms with van der Waals surface area (Å²) in [7, 11) is 3.51. The largest absolute Gasteiger partial charge is 0.370 e. The second-order valence-electron chi connectivity index (χ2n) is 5.06. The standard InChI is InChI=1S/C16H26N4O.HI/c1-5-20(6-2)16(17)18-11-10-13-8-7-9-14(12-13)15(21)19(3)4;/h7-9,12H,5-6,10-11H2,1-4H3,(H2,17,18);1H. The first-order valence-electron chi connectivity index (χ1n) is 7.35. The fourth-order valence-corrected chi connectivity index (χ4v) is 2.07. The summed E-state index contributed by atoms with van der Waals surface area (Å²) in [5, 5.41) is 0. The Hall–Kier alpha value is -1.31. The highest BCUT2D eigenvalue weighted by molar-refractivity contribution is 14.0. The van der Waals surface area contributed by atoms with Crippen molar-refractivity contribution in [2.24, 2.45) is 10.7 Å². The fraction of sp³-hybridized carbons (Fsp3) is 0.500. The zero-order chi connectivity index (χ0) is 15.8. The lowest BCUT2D eigenvalue weighted by molar-refractivity contribution is 0.0827. The van der Waals surface area contributed by atoms with Crippen LogP contribution in [0.15, 0.2) is 29.3 Å². The van der Waals surface area contributed by atoms with Crippen LogP contribution in [0.25, 0.3) is 0 Å². The topological polar surface area (TPSA) is 61.9 Å². The van der Waals surface area contributed by atoms with Crippen LogP contribution in [-0.2, 0) is 6.42 Å².